The number of rotatable bonds is 5. The lowest BCUT2D eigenvalue weighted by atomic mass is 9.99. The highest BCUT2D eigenvalue weighted by Gasteiger charge is 2.28. The average Bonchev–Trinajstić information content (AvgIpc) is 2.83. The minimum absolute atomic E-state index is 0.0520. The van der Waals surface area contributed by atoms with Gasteiger partial charge in [0.1, 0.15) is 12.6 Å². The topological polar surface area (TPSA) is 71.4 Å². The lowest BCUT2D eigenvalue weighted by Gasteiger charge is -2.36. The van der Waals surface area contributed by atoms with Crippen molar-refractivity contribution in [2.45, 2.75) is 25.3 Å². The summed E-state index contributed by atoms with van der Waals surface area (Å²) in [6.45, 7) is 5.10. The van der Waals surface area contributed by atoms with Crippen LogP contribution in [0, 0.1) is 11.3 Å². The Kier molecular flexibility index (Phi) is 6.50. The molecule has 2 aliphatic heterocycles. The van der Waals surface area contributed by atoms with Crippen molar-refractivity contribution < 1.29 is 4.79 Å². The van der Waals surface area contributed by atoms with Crippen molar-refractivity contribution in [1.82, 2.24) is 10.6 Å². The molecule has 0 aliphatic carbocycles. The number of hydrogen-bond acceptors (Lipinski definition) is 5. The van der Waals surface area contributed by atoms with Gasteiger partial charge in [-0.1, -0.05) is 24.3 Å². The number of nitrogens with one attached hydrogen (secondary N) is 2. The SMILES string of the molecule is N#CCNC(=O)C1CCCCN1c1ccc(-c2ccc(N3CCNCC3)cc2)cc1. The van der Waals surface area contributed by atoms with Gasteiger partial charge in [-0.2, -0.15) is 5.26 Å². The first-order valence-electron chi connectivity index (χ1n) is 10.8. The summed E-state index contributed by atoms with van der Waals surface area (Å²) < 4.78 is 0. The van der Waals surface area contributed by atoms with E-state index >= 15 is 0 Å². The van der Waals surface area contributed by atoms with Crippen LogP contribution in [-0.2, 0) is 4.79 Å². The normalized spacial score (nSPS) is 19.2. The summed E-state index contributed by atoms with van der Waals surface area (Å²) in [5, 5.41) is 14.9. The van der Waals surface area contributed by atoms with Gasteiger partial charge in [0.2, 0.25) is 5.91 Å². The van der Waals surface area contributed by atoms with Gasteiger partial charge in [-0.05, 0) is 54.7 Å². The molecule has 2 N–H and O–H groups in total. The minimum atomic E-state index is -0.198. The highest BCUT2D eigenvalue weighted by molar-refractivity contribution is 5.85. The number of carbonyl (C=O) groups excluding carboxylic acids is 1. The van der Waals surface area contributed by atoms with Gasteiger partial charge in [-0.25, -0.2) is 0 Å². The number of piperazine rings is 1. The zero-order chi connectivity index (χ0) is 20.8. The van der Waals surface area contributed by atoms with E-state index in [1.807, 2.05) is 6.07 Å². The highest BCUT2D eigenvalue weighted by atomic mass is 16.2. The van der Waals surface area contributed by atoms with E-state index < -0.39 is 0 Å². The highest BCUT2D eigenvalue weighted by Crippen LogP contribution is 2.29. The van der Waals surface area contributed by atoms with Crippen LogP contribution in [0.5, 0.6) is 0 Å². The number of anilines is 2. The van der Waals surface area contributed by atoms with Crippen LogP contribution in [0.4, 0.5) is 11.4 Å². The monoisotopic (exact) mass is 403 g/mol. The lowest BCUT2D eigenvalue weighted by Crippen LogP contribution is -2.49. The Hall–Kier alpha value is -3.04. The molecular weight excluding hydrogens is 374 g/mol. The zero-order valence-corrected chi connectivity index (χ0v) is 17.3. The molecule has 0 saturated carbocycles. The van der Waals surface area contributed by atoms with Gasteiger partial charge < -0.3 is 20.4 Å². The molecule has 2 fully saturated rings. The molecule has 6 nitrogen and oxygen atoms in total. The average molecular weight is 404 g/mol. The first-order chi connectivity index (χ1) is 14.8. The van der Waals surface area contributed by atoms with Crippen LogP contribution in [0.3, 0.4) is 0 Å². The molecule has 4 rings (SSSR count). The van der Waals surface area contributed by atoms with E-state index in [1.165, 1.54) is 16.8 Å². The minimum Gasteiger partial charge on any atom is -0.369 e. The van der Waals surface area contributed by atoms with Crippen molar-refractivity contribution >= 4 is 17.3 Å². The third kappa shape index (κ3) is 4.58. The van der Waals surface area contributed by atoms with E-state index in [0.717, 1.165) is 57.7 Å². The van der Waals surface area contributed by atoms with Crippen LogP contribution >= 0.6 is 0 Å². The molecule has 30 heavy (non-hydrogen) atoms. The molecule has 1 atom stereocenters. The number of amides is 1. The molecule has 0 spiro atoms. The predicted molar refractivity (Wildman–Crippen MR) is 121 cm³/mol. The fourth-order valence-corrected chi connectivity index (χ4v) is 4.39. The number of piperidine rings is 1. The second-order valence-electron chi connectivity index (χ2n) is 7.91. The summed E-state index contributed by atoms with van der Waals surface area (Å²) in [5.41, 5.74) is 4.71. The van der Waals surface area contributed by atoms with Crippen molar-refractivity contribution in [2.24, 2.45) is 0 Å². The molecule has 0 bridgehead atoms. The van der Waals surface area contributed by atoms with Crippen LogP contribution in [0.15, 0.2) is 48.5 Å². The first kappa shape index (κ1) is 20.2. The molecule has 1 unspecified atom stereocenters. The molecule has 2 aromatic rings. The van der Waals surface area contributed by atoms with E-state index in [9.17, 15) is 4.79 Å². The third-order valence-electron chi connectivity index (χ3n) is 6.03. The third-order valence-corrected chi connectivity index (χ3v) is 6.03. The number of nitriles is 1. The summed E-state index contributed by atoms with van der Waals surface area (Å²) in [6, 6.07) is 19.0. The Morgan fingerprint density at radius 3 is 2.23 bits per heavy atom. The van der Waals surface area contributed by atoms with Gasteiger partial charge in [-0.3, -0.25) is 4.79 Å². The molecule has 0 aromatic heterocycles. The lowest BCUT2D eigenvalue weighted by molar-refractivity contribution is -0.122. The molecule has 6 heteroatoms. The summed E-state index contributed by atoms with van der Waals surface area (Å²) >= 11 is 0. The maximum absolute atomic E-state index is 12.5. The molecule has 0 radical (unpaired) electrons. The molecule has 2 aliphatic rings. The van der Waals surface area contributed by atoms with Crippen LogP contribution in [0.25, 0.3) is 11.1 Å². The maximum Gasteiger partial charge on any atom is 0.243 e. The standard InChI is InChI=1S/C24H29N5O/c25-12-13-27-24(30)23-3-1-2-16-29(23)22-10-6-20(7-11-22)19-4-8-21(9-5-19)28-17-14-26-15-18-28/h4-11,23,26H,1-3,13-18H2,(H,27,30). The molecule has 1 amide bonds. The van der Waals surface area contributed by atoms with Gasteiger partial charge >= 0.3 is 0 Å². The van der Waals surface area contributed by atoms with Crippen LogP contribution in [-0.4, -0.2) is 51.2 Å². The number of hydrogen-bond donors (Lipinski definition) is 2. The van der Waals surface area contributed by atoms with Crippen molar-refractivity contribution in [3.05, 3.63) is 48.5 Å². The summed E-state index contributed by atoms with van der Waals surface area (Å²) in [4.78, 5) is 17.1. The van der Waals surface area contributed by atoms with Crippen molar-refractivity contribution in [3.63, 3.8) is 0 Å². The van der Waals surface area contributed by atoms with Crippen LogP contribution in [0.2, 0.25) is 0 Å². The smallest absolute Gasteiger partial charge is 0.243 e. The van der Waals surface area contributed by atoms with Gasteiger partial charge in [0.25, 0.3) is 0 Å². The van der Waals surface area contributed by atoms with Crippen molar-refractivity contribution in [1.29, 1.82) is 5.26 Å². The van der Waals surface area contributed by atoms with Crippen molar-refractivity contribution in [3.8, 4) is 17.2 Å². The Morgan fingerprint density at radius 2 is 1.60 bits per heavy atom. The van der Waals surface area contributed by atoms with Gasteiger partial charge in [0.15, 0.2) is 0 Å². The summed E-state index contributed by atoms with van der Waals surface area (Å²) in [7, 11) is 0. The van der Waals surface area contributed by atoms with Gasteiger partial charge in [0.05, 0.1) is 6.07 Å². The van der Waals surface area contributed by atoms with Gasteiger partial charge in [0, 0.05) is 44.1 Å². The number of carbonyl (C=O) groups is 1. The first-order valence-corrected chi connectivity index (χ1v) is 10.8. The Bertz CT molecular complexity index is 881. The van der Waals surface area contributed by atoms with E-state index in [-0.39, 0.29) is 18.5 Å². The summed E-state index contributed by atoms with van der Waals surface area (Å²) in [6.07, 6.45) is 2.95. The second kappa shape index (κ2) is 9.64. The fraction of sp³-hybridized carbons (Fsp3) is 0.417. The summed E-state index contributed by atoms with van der Waals surface area (Å²) in [5.74, 6) is -0.0520. The Morgan fingerprint density at radius 1 is 0.967 bits per heavy atom. The van der Waals surface area contributed by atoms with E-state index in [2.05, 4.69) is 69.0 Å². The zero-order valence-electron chi connectivity index (χ0n) is 17.3. The Balaban J connectivity index is 1.46. The number of benzene rings is 2. The van der Waals surface area contributed by atoms with Gasteiger partial charge in [-0.15, -0.1) is 0 Å². The molecule has 2 saturated heterocycles. The molecule has 2 heterocycles. The van der Waals surface area contributed by atoms with Crippen molar-refractivity contribution in [2.75, 3.05) is 49.1 Å². The van der Waals surface area contributed by atoms with Crippen LogP contribution in [0.1, 0.15) is 19.3 Å². The number of nitrogens with zero attached hydrogens (tertiary/aromatic N) is 3. The maximum atomic E-state index is 12.5. The van der Waals surface area contributed by atoms with E-state index in [1.54, 1.807) is 0 Å². The second-order valence-corrected chi connectivity index (χ2v) is 7.91. The molecular formula is C24H29N5O. The Labute approximate surface area is 178 Å². The largest absolute Gasteiger partial charge is 0.369 e. The molecule has 156 valence electrons. The molecule has 2 aromatic carbocycles. The van der Waals surface area contributed by atoms with E-state index in [0.29, 0.717) is 0 Å². The van der Waals surface area contributed by atoms with E-state index in [4.69, 9.17) is 5.26 Å². The predicted octanol–water partition coefficient (Wildman–Crippen LogP) is 2.76. The van der Waals surface area contributed by atoms with Crippen LogP contribution < -0.4 is 20.4 Å². The fourth-order valence-electron chi connectivity index (χ4n) is 4.39. The quantitative estimate of drug-likeness (QED) is 0.751.